The Kier molecular flexibility index (Phi) is 11.5. The number of hydrogen-bond donors (Lipinski definition) is 3. The molecule has 1 aliphatic heterocycles. The molecule has 5 rings (SSSR count). The number of nitrogens with zero attached hydrogens (tertiary/aromatic N) is 2. The van der Waals surface area contributed by atoms with Crippen molar-refractivity contribution >= 4 is 51.8 Å². The number of alkyl halides is 6. The van der Waals surface area contributed by atoms with E-state index in [-0.39, 0.29) is 43.8 Å². The second kappa shape index (κ2) is 15.3. The predicted molar refractivity (Wildman–Crippen MR) is 175 cm³/mol. The zero-order valence-electron chi connectivity index (χ0n) is 25.4. The topological polar surface area (TPSA) is 121 Å². The second-order valence-electron chi connectivity index (χ2n) is 9.98. The number of benzene rings is 3. The summed E-state index contributed by atoms with van der Waals surface area (Å²) in [6.07, 6.45) is -7.64. The number of rotatable bonds is 9. The first-order valence-corrected chi connectivity index (χ1v) is 15.4. The van der Waals surface area contributed by atoms with Crippen LogP contribution in [0.5, 0.6) is 11.5 Å². The van der Waals surface area contributed by atoms with E-state index in [0.29, 0.717) is 5.69 Å². The summed E-state index contributed by atoms with van der Waals surface area (Å²) in [6.45, 7) is 2.44. The Hall–Kier alpha value is -4.93. The van der Waals surface area contributed by atoms with Crippen LogP contribution in [0.2, 0.25) is 0 Å². The molecule has 1 aliphatic carbocycles. The Morgan fingerprint density at radius 3 is 2.21 bits per heavy atom. The van der Waals surface area contributed by atoms with Crippen LogP contribution in [0, 0.1) is 0 Å². The molecular weight excluding hydrogens is 668 g/mol. The zero-order chi connectivity index (χ0) is 35.1. The summed E-state index contributed by atoms with van der Waals surface area (Å²) >= 11 is 0.948. The number of carbonyl (C=O) groups excluding carboxylic acids is 3. The van der Waals surface area contributed by atoms with Crippen LogP contribution >= 0.6 is 11.8 Å². The van der Waals surface area contributed by atoms with Gasteiger partial charge in [0.15, 0.2) is 11.8 Å². The smallest absolute Gasteiger partial charge is 0.482 e. The van der Waals surface area contributed by atoms with Crippen LogP contribution in [-0.4, -0.2) is 47.9 Å². The molecule has 10 nitrogen and oxygen atoms in total. The summed E-state index contributed by atoms with van der Waals surface area (Å²) in [5.74, 6) is -1.64. The first kappa shape index (κ1) is 35.9. The van der Waals surface area contributed by atoms with E-state index in [2.05, 4.69) is 25.9 Å². The van der Waals surface area contributed by atoms with Crippen LogP contribution in [0.3, 0.4) is 0 Å². The SMILES string of the molecule is CC.O=C(/N=C1\SCC(=O)N1c1cc(C2CC2)ccc1OCC(F)(F)F)Nc1ccc(NNC(=O)c2ccc(OC(F)(F)F)cc2)cc1.[HH].[HH].[HH]. The van der Waals surface area contributed by atoms with Gasteiger partial charge in [0.25, 0.3) is 5.91 Å². The van der Waals surface area contributed by atoms with E-state index in [1.807, 2.05) is 13.8 Å². The van der Waals surface area contributed by atoms with Gasteiger partial charge in [0.05, 0.1) is 17.1 Å². The van der Waals surface area contributed by atoms with Crippen molar-refractivity contribution in [1.29, 1.82) is 0 Å². The number of hydrogen-bond acceptors (Lipinski definition) is 7. The largest absolute Gasteiger partial charge is 0.573 e. The van der Waals surface area contributed by atoms with Gasteiger partial charge in [-0.15, -0.1) is 13.2 Å². The van der Waals surface area contributed by atoms with Gasteiger partial charge in [-0.1, -0.05) is 31.7 Å². The Bertz CT molecular complexity index is 1660. The van der Waals surface area contributed by atoms with E-state index >= 15 is 0 Å². The third-order valence-electron chi connectivity index (χ3n) is 6.43. The van der Waals surface area contributed by atoms with Gasteiger partial charge < -0.3 is 14.8 Å². The van der Waals surface area contributed by atoms with E-state index < -0.39 is 42.7 Å². The molecule has 2 fully saturated rings. The van der Waals surface area contributed by atoms with Crippen LogP contribution in [0.4, 0.5) is 48.2 Å². The van der Waals surface area contributed by atoms with Crippen molar-refractivity contribution in [3.8, 4) is 11.5 Å². The lowest BCUT2D eigenvalue weighted by Gasteiger charge is -2.21. The van der Waals surface area contributed by atoms with Gasteiger partial charge in [-0.3, -0.25) is 25.3 Å². The summed E-state index contributed by atoms with van der Waals surface area (Å²) in [7, 11) is 0. The van der Waals surface area contributed by atoms with Gasteiger partial charge in [-0.2, -0.15) is 18.2 Å². The molecule has 0 bridgehead atoms. The number of ether oxygens (including phenoxy) is 2. The molecule has 2 aliphatic rings. The number of hydrazine groups is 1. The fraction of sp³-hybridized carbons (Fsp3) is 0.290. The van der Waals surface area contributed by atoms with Crippen molar-refractivity contribution in [3.05, 3.63) is 77.9 Å². The Labute approximate surface area is 279 Å². The van der Waals surface area contributed by atoms with Crippen LogP contribution < -0.4 is 30.5 Å². The van der Waals surface area contributed by atoms with E-state index in [4.69, 9.17) is 4.74 Å². The van der Waals surface area contributed by atoms with E-state index in [9.17, 15) is 40.7 Å². The fourth-order valence-electron chi connectivity index (χ4n) is 4.23. The number of amidine groups is 1. The molecule has 1 saturated carbocycles. The molecule has 0 radical (unpaired) electrons. The normalized spacial score (nSPS) is 15.4. The number of thioether (sulfide) groups is 1. The molecule has 0 atom stereocenters. The van der Waals surface area contributed by atoms with Crippen molar-refractivity contribution in [2.45, 2.75) is 45.1 Å². The molecule has 48 heavy (non-hydrogen) atoms. The monoisotopic (exact) mass is 703 g/mol. The number of halogens is 6. The number of carbonyl (C=O) groups is 3. The summed E-state index contributed by atoms with van der Waals surface area (Å²) in [5.41, 5.74) is 6.64. The van der Waals surface area contributed by atoms with Gasteiger partial charge in [-0.25, -0.2) is 4.79 Å². The molecule has 0 spiro atoms. The molecule has 4 amide bonds. The molecule has 3 N–H and O–H groups in total. The molecule has 3 aromatic rings. The number of aliphatic imine (C=N–C) groups is 1. The minimum atomic E-state index is -4.86. The second-order valence-corrected chi connectivity index (χ2v) is 10.9. The van der Waals surface area contributed by atoms with Crippen molar-refractivity contribution in [2.75, 3.05) is 28.0 Å². The van der Waals surface area contributed by atoms with Gasteiger partial charge in [0.2, 0.25) is 5.91 Å². The minimum Gasteiger partial charge on any atom is -0.482 e. The maximum Gasteiger partial charge on any atom is 0.573 e. The highest BCUT2D eigenvalue weighted by molar-refractivity contribution is 8.15. The molecule has 3 aromatic carbocycles. The lowest BCUT2D eigenvalue weighted by atomic mass is 10.1. The Balaban J connectivity index is 0.00000256. The summed E-state index contributed by atoms with van der Waals surface area (Å²) in [5, 5.41) is 2.49. The van der Waals surface area contributed by atoms with Gasteiger partial charge in [-0.05, 0) is 85.0 Å². The lowest BCUT2D eigenvalue weighted by molar-refractivity contribution is -0.274. The highest BCUT2D eigenvalue weighted by atomic mass is 32.2. The molecule has 1 saturated heterocycles. The Morgan fingerprint density at radius 2 is 1.60 bits per heavy atom. The first-order chi connectivity index (χ1) is 22.7. The van der Waals surface area contributed by atoms with Crippen LogP contribution in [0.15, 0.2) is 71.7 Å². The number of amides is 4. The quantitative estimate of drug-likeness (QED) is 0.151. The molecule has 0 unspecified atom stereocenters. The van der Waals surface area contributed by atoms with Gasteiger partial charge >= 0.3 is 18.6 Å². The fourth-order valence-corrected chi connectivity index (χ4v) is 5.09. The number of urea groups is 1. The molecule has 1 heterocycles. The average molecular weight is 704 g/mol. The van der Waals surface area contributed by atoms with Crippen LogP contribution in [-0.2, 0) is 4.79 Å². The summed E-state index contributed by atoms with van der Waals surface area (Å²) < 4.78 is 84.3. The minimum absolute atomic E-state index is 0. The van der Waals surface area contributed by atoms with Crippen molar-refractivity contribution < 1.29 is 54.5 Å². The number of nitrogens with one attached hydrogen (secondary N) is 3. The maximum atomic E-state index is 12.9. The molecule has 17 heteroatoms. The van der Waals surface area contributed by atoms with Crippen LogP contribution in [0.25, 0.3) is 0 Å². The van der Waals surface area contributed by atoms with E-state index in [1.54, 1.807) is 12.1 Å². The highest BCUT2D eigenvalue weighted by Gasteiger charge is 2.36. The van der Waals surface area contributed by atoms with Gasteiger partial charge in [0.1, 0.15) is 11.5 Å². The molecule has 0 aromatic heterocycles. The number of anilines is 3. The van der Waals surface area contributed by atoms with Crippen molar-refractivity contribution in [1.82, 2.24) is 5.43 Å². The third-order valence-corrected chi connectivity index (χ3v) is 7.36. The average Bonchev–Trinajstić information content (AvgIpc) is 3.83. The highest BCUT2D eigenvalue weighted by Crippen LogP contribution is 2.44. The lowest BCUT2D eigenvalue weighted by Crippen LogP contribution is -2.31. The zero-order valence-corrected chi connectivity index (χ0v) is 26.2. The van der Waals surface area contributed by atoms with E-state index in [1.165, 1.54) is 30.3 Å². The molecule has 262 valence electrons. The summed E-state index contributed by atoms with van der Waals surface area (Å²) in [4.78, 5) is 42.9. The van der Waals surface area contributed by atoms with Crippen LogP contribution in [0.1, 0.15) is 52.8 Å². The van der Waals surface area contributed by atoms with Crippen molar-refractivity contribution in [2.24, 2.45) is 4.99 Å². The molecular formula is C31H35F6N5O5S. The van der Waals surface area contributed by atoms with Gasteiger partial charge in [0, 0.05) is 15.5 Å². The standard InChI is InChI=1S/C29H23F6N5O5S.C2H6.3H2/c30-28(31,32)15-44-23-12-5-18(16-1-2-16)13-22(23)40-24(41)14-46-27(40)37-26(43)36-19-6-8-20(9-7-19)38-39-25(42)17-3-10-21(11-4-17)45-29(33,34)35;1-2;;;/h3-13,16,38H,1-2,14-15H2,(H,36,43)(H,39,42);1-2H3;3*1H/b37-27-;;;;. The third kappa shape index (κ3) is 10.3. The summed E-state index contributed by atoms with van der Waals surface area (Å²) in [6, 6.07) is 14.0. The maximum absolute atomic E-state index is 12.9. The first-order valence-electron chi connectivity index (χ1n) is 14.5. The predicted octanol–water partition coefficient (Wildman–Crippen LogP) is 8.59. The van der Waals surface area contributed by atoms with Crippen molar-refractivity contribution in [3.63, 3.8) is 0 Å². The van der Waals surface area contributed by atoms with E-state index in [0.717, 1.165) is 59.3 Å². The Morgan fingerprint density at radius 1 is 0.958 bits per heavy atom.